The Kier molecular flexibility index (Phi) is 5.36. The van der Waals surface area contributed by atoms with Gasteiger partial charge in [0.1, 0.15) is 0 Å². The number of carbonyl (C=O) groups excluding carboxylic acids is 1. The van der Waals surface area contributed by atoms with E-state index in [0.29, 0.717) is 0 Å². The summed E-state index contributed by atoms with van der Waals surface area (Å²) in [6.07, 6.45) is 4.88. The average molecular weight is 224 g/mol. The maximum Gasteiger partial charge on any atom is 0.219 e. The van der Waals surface area contributed by atoms with Gasteiger partial charge >= 0.3 is 0 Å². The van der Waals surface area contributed by atoms with Crippen LogP contribution in [0.15, 0.2) is 12.3 Å². The number of amides is 1. The summed E-state index contributed by atoms with van der Waals surface area (Å²) in [5.41, 5.74) is 1.25. The third-order valence-corrected chi connectivity index (χ3v) is 3.24. The predicted molar refractivity (Wildman–Crippen MR) is 67.1 cm³/mol. The van der Waals surface area contributed by atoms with Gasteiger partial charge in [-0.3, -0.25) is 4.79 Å². The van der Waals surface area contributed by atoms with E-state index in [2.05, 4.69) is 18.4 Å². The SMILES string of the molecule is C=C(CCCCC)N1CCN(C(C)=O)CC1. The molecule has 3 heteroatoms. The number of allylic oxidation sites excluding steroid dienone is 1. The van der Waals surface area contributed by atoms with Crippen molar-refractivity contribution in [3.8, 4) is 0 Å². The van der Waals surface area contributed by atoms with Crippen LogP contribution in [0, 0.1) is 0 Å². The lowest BCUT2D eigenvalue weighted by molar-refractivity contribution is -0.130. The molecule has 0 aromatic carbocycles. The van der Waals surface area contributed by atoms with Gasteiger partial charge in [0.15, 0.2) is 0 Å². The Morgan fingerprint density at radius 3 is 2.19 bits per heavy atom. The molecule has 0 aliphatic carbocycles. The van der Waals surface area contributed by atoms with E-state index in [9.17, 15) is 4.79 Å². The van der Waals surface area contributed by atoms with Gasteiger partial charge in [-0.15, -0.1) is 0 Å². The van der Waals surface area contributed by atoms with Gasteiger partial charge in [-0.2, -0.15) is 0 Å². The molecule has 16 heavy (non-hydrogen) atoms. The first-order chi connectivity index (χ1) is 7.65. The minimum Gasteiger partial charge on any atom is -0.372 e. The molecule has 92 valence electrons. The summed E-state index contributed by atoms with van der Waals surface area (Å²) >= 11 is 0. The summed E-state index contributed by atoms with van der Waals surface area (Å²) in [6.45, 7) is 11.6. The summed E-state index contributed by atoms with van der Waals surface area (Å²) in [6, 6.07) is 0. The molecule has 0 N–H and O–H groups in total. The Balaban J connectivity index is 2.25. The van der Waals surface area contributed by atoms with Crippen LogP contribution in [-0.4, -0.2) is 41.9 Å². The summed E-state index contributed by atoms with van der Waals surface area (Å²) in [7, 11) is 0. The molecule has 0 aromatic heterocycles. The molecule has 3 nitrogen and oxygen atoms in total. The van der Waals surface area contributed by atoms with Crippen LogP contribution < -0.4 is 0 Å². The highest BCUT2D eigenvalue weighted by Crippen LogP contribution is 2.14. The van der Waals surface area contributed by atoms with Crippen molar-refractivity contribution in [1.29, 1.82) is 0 Å². The van der Waals surface area contributed by atoms with E-state index in [1.165, 1.54) is 25.0 Å². The van der Waals surface area contributed by atoms with Gasteiger partial charge in [-0.05, 0) is 12.8 Å². The molecule has 0 aromatic rings. The highest BCUT2D eigenvalue weighted by Gasteiger charge is 2.18. The molecule has 1 amide bonds. The zero-order valence-electron chi connectivity index (χ0n) is 10.7. The minimum atomic E-state index is 0.191. The van der Waals surface area contributed by atoms with E-state index < -0.39 is 0 Å². The van der Waals surface area contributed by atoms with Crippen molar-refractivity contribution < 1.29 is 4.79 Å². The highest BCUT2D eigenvalue weighted by molar-refractivity contribution is 5.73. The summed E-state index contributed by atoms with van der Waals surface area (Å²) in [5, 5.41) is 0. The Morgan fingerprint density at radius 1 is 1.12 bits per heavy atom. The predicted octanol–water partition coefficient (Wildman–Crippen LogP) is 2.24. The largest absolute Gasteiger partial charge is 0.372 e. The van der Waals surface area contributed by atoms with Gasteiger partial charge in [0.2, 0.25) is 5.91 Å². The lowest BCUT2D eigenvalue weighted by atomic mass is 10.1. The van der Waals surface area contributed by atoms with Crippen LogP contribution in [0.4, 0.5) is 0 Å². The standard InChI is InChI=1S/C13H24N2O/c1-4-5-6-7-12(2)14-8-10-15(11-9-14)13(3)16/h2,4-11H2,1,3H3. The number of piperazine rings is 1. The molecule has 0 bridgehead atoms. The van der Waals surface area contributed by atoms with Crippen LogP contribution in [0.2, 0.25) is 0 Å². The van der Waals surface area contributed by atoms with E-state index in [4.69, 9.17) is 0 Å². The molecule has 1 heterocycles. The number of hydrogen-bond acceptors (Lipinski definition) is 2. The second-order valence-electron chi connectivity index (χ2n) is 4.52. The first kappa shape index (κ1) is 13.1. The first-order valence-corrected chi connectivity index (χ1v) is 6.33. The normalized spacial score (nSPS) is 16.4. The van der Waals surface area contributed by atoms with Crippen LogP contribution in [0.1, 0.15) is 39.5 Å². The van der Waals surface area contributed by atoms with Crippen molar-refractivity contribution in [2.45, 2.75) is 39.5 Å². The number of rotatable bonds is 5. The zero-order valence-corrected chi connectivity index (χ0v) is 10.7. The summed E-state index contributed by atoms with van der Waals surface area (Å²) in [4.78, 5) is 15.4. The van der Waals surface area contributed by atoms with Crippen LogP contribution >= 0.6 is 0 Å². The number of hydrogen-bond donors (Lipinski definition) is 0. The molecule has 1 saturated heterocycles. The highest BCUT2D eigenvalue weighted by atomic mass is 16.2. The second-order valence-corrected chi connectivity index (χ2v) is 4.52. The van der Waals surface area contributed by atoms with Crippen LogP contribution in [0.5, 0.6) is 0 Å². The van der Waals surface area contributed by atoms with E-state index in [-0.39, 0.29) is 5.91 Å². The summed E-state index contributed by atoms with van der Waals surface area (Å²) in [5.74, 6) is 0.191. The fourth-order valence-corrected chi connectivity index (χ4v) is 2.07. The quantitative estimate of drug-likeness (QED) is 0.669. The third kappa shape index (κ3) is 3.87. The smallest absolute Gasteiger partial charge is 0.219 e. The van der Waals surface area contributed by atoms with Crippen LogP contribution in [0.3, 0.4) is 0 Å². The molecule has 1 fully saturated rings. The summed E-state index contributed by atoms with van der Waals surface area (Å²) < 4.78 is 0. The monoisotopic (exact) mass is 224 g/mol. The van der Waals surface area contributed by atoms with Crippen molar-refractivity contribution >= 4 is 5.91 Å². The van der Waals surface area contributed by atoms with E-state index in [1.54, 1.807) is 6.92 Å². The maximum absolute atomic E-state index is 11.2. The maximum atomic E-state index is 11.2. The Bertz CT molecular complexity index is 242. The lowest BCUT2D eigenvalue weighted by Gasteiger charge is -2.36. The van der Waals surface area contributed by atoms with Gasteiger partial charge in [0, 0.05) is 38.8 Å². The van der Waals surface area contributed by atoms with Gasteiger partial charge in [0.25, 0.3) is 0 Å². The number of nitrogens with zero attached hydrogens (tertiary/aromatic N) is 2. The number of unbranched alkanes of at least 4 members (excludes halogenated alkanes) is 2. The van der Waals surface area contributed by atoms with Crippen molar-refractivity contribution in [2.24, 2.45) is 0 Å². The van der Waals surface area contributed by atoms with E-state index in [0.717, 1.165) is 32.6 Å². The van der Waals surface area contributed by atoms with E-state index in [1.807, 2.05) is 4.90 Å². The zero-order chi connectivity index (χ0) is 12.0. The van der Waals surface area contributed by atoms with Gasteiger partial charge in [-0.25, -0.2) is 0 Å². The minimum absolute atomic E-state index is 0.191. The van der Waals surface area contributed by atoms with Crippen LogP contribution in [-0.2, 0) is 4.79 Å². The first-order valence-electron chi connectivity index (χ1n) is 6.33. The Morgan fingerprint density at radius 2 is 1.69 bits per heavy atom. The molecule has 0 spiro atoms. The Hall–Kier alpha value is -0.990. The van der Waals surface area contributed by atoms with Crippen molar-refractivity contribution in [1.82, 2.24) is 9.80 Å². The second kappa shape index (κ2) is 6.56. The molecule has 1 rings (SSSR count). The van der Waals surface area contributed by atoms with E-state index >= 15 is 0 Å². The molecule has 1 aliphatic rings. The third-order valence-electron chi connectivity index (χ3n) is 3.24. The van der Waals surface area contributed by atoms with Gasteiger partial charge < -0.3 is 9.80 Å². The van der Waals surface area contributed by atoms with Crippen molar-refractivity contribution in [2.75, 3.05) is 26.2 Å². The molecule has 0 radical (unpaired) electrons. The Labute approximate surface area is 99.1 Å². The average Bonchev–Trinajstić information content (AvgIpc) is 2.29. The molecule has 0 saturated carbocycles. The van der Waals surface area contributed by atoms with Crippen molar-refractivity contribution in [3.05, 3.63) is 12.3 Å². The fourth-order valence-electron chi connectivity index (χ4n) is 2.07. The molecule has 0 atom stereocenters. The molecular formula is C13H24N2O. The topological polar surface area (TPSA) is 23.6 Å². The van der Waals surface area contributed by atoms with Crippen molar-refractivity contribution in [3.63, 3.8) is 0 Å². The number of carbonyl (C=O) groups is 1. The lowest BCUT2D eigenvalue weighted by Crippen LogP contribution is -2.47. The molecule has 1 aliphatic heterocycles. The fraction of sp³-hybridized carbons (Fsp3) is 0.769. The van der Waals surface area contributed by atoms with Gasteiger partial charge in [-0.1, -0.05) is 26.3 Å². The molecule has 0 unspecified atom stereocenters. The van der Waals surface area contributed by atoms with Gasteiger partial charge in [0.05, 0.1) is 0 Å². The van der Waals surface area contributed by atoms with Crippen LogP contribution in [0.25, 0.3) is 0 Å². The molecular weight excluding hydrogens is 200 g/mol.